The van der Waals surface area contributed by atoms with Crippen molar-refractivity contribution in [1.82, 2.24) is 5.32 Å². The Kier molecular flexibility index (Phi) is 7.01. The summed E-state index contributed by atoms with van der Waals surface area (Å²) < 4.78 is 5.66. The van der Waals surface area contributed by atoms with Crippen LogP contribution in [0.1, 0.15) is 46.0 Å². The van der Waals surface area contributed by atoms with Crippen molar-refractivity contribution in [3.8, 4) is 0 Å². The van der Waals surface area contributed by atoms with Crippen molar-refractivity contribution < 1.29 is 4.74 Å². The molecule has 3 nitrogen and oxygen atoms in total. The molecule has 0 aromatic rings. The molecule has 3 N–H and O–H groups in total. The number of hydrogen-bond acceptors (Lipinski definition) is 3. The molecule has 1 rings (SSSR count). The zero-order chi connectivity index (χ0) is 11.8. The maximum Gasteiger partial charge on any atom is 0.0576 e. The van der Waals surface area contributed by atoms with Gasteiger partial charge in [0.25, 0.3) is 0 Å². The average Bonchev–Trinajstić information content (AvgIpc) is 2.74. The van der Waals surface area contributed by atoms with Crippen molar-refractivity contribution in [1.29, 1.82) is 0 Å². The average molecular weight is 228 g/mol. The van der Waals surface area contributed by atoms with Gasteiger partial charge < -0.3 is 15.8 Å². The van der Waals surface area contributed by atoms with Gasteiger partial charge in [0.05, 0.1) is 6.10 Å². The first-order chi connectivity index (χ1) is 7.72. The molecular formula is C13H28N2O. The molecule has 0 radical (unpaired) electrons. The predicted octanol–water partition coefficient (Wildman–Crippen LogP) is 1.91. The van der Waals surface area contributed by atoms with Gasteiger partial charge in [-0.3, -0.25) is 0 Å². The van der Waals surface area contributed by atoms with Crippen LogP contribution in [0, 0.1) is 5.92 Å². The number of hydrogen-bond donors (Lipinski definition) is 2. The van der Waals surface area contributed by atoms with Crippen LogP contribution in [0.5, 0.6) is 0 Å². The van der Waals surface area contributed by atoms with Crippen molar-refractivity contribution in [3.05, 3.63) is 0 Å². The first-order valence-corrected chi connectivity index (χ1v) is 6.77. The number of nitrogens with two attached hydrogens (primary N) is 1. The van der Waals surface area contributed by atoms with Crippen LogP contribution in [-0.4, -0.2) is 31.8 Å². The van der Waals surface area contributed by atoms with E-state index < -0.39 is 0 Å². The molecule has 0 amide bonds. The van der Waals surface area contributed by atoms with E-state index in [2.05, 4.69) is 19.2 Å². The summed E-state index contributed by atoms with van der Waals surface area (Å²) in [6.07, 6.45) is 6.69. The lowest BCUT2D eigenvalue weighted by Crippen LogP contribution is -2.35. The Balaban J connectivity index is 2.19. The highest BCUT2D eigenvalue weighted by Gasteiger charge is 2.18. The van der Waals surface area contributed by atoms with E-state index in [0.29, 0.717) is 12.1 Å². The van der Waals surface area contributed by atoms with Crippen LogP contribution >= 0.6 is 0 Å². The van der Waals surface area contributed by atoms with Gasteiger partial charge in [0.2, 0.25) is 0 Å². The van der Waals surface area contributed by atoms with Crippen LogP contribution in [0.3, 0.4) is 0 Å². The van der Waals surface area contributed by atoms with Gasteiger partial charge in [0, 0.05) is 25.7 Å². The molecule has 16 heavy (non-hydrogen) atoms. The van der Waals surface area contributed by atoms with Crippen LogP contribution in [0.25, 0.3) is 0 Å². The van der Waals surface area contributed by atoms with Crippen LogP contribution in [0.15, 0.2) is 0 Å². The first kappa shape index (κ1) is 13.9. The normalized spacial score (nSPS) is 22.9. The largest absolute Gasteiger partial charge is 0.378 e. The summed E-state index contributed by atoms with van der Waals surface area (Å²) in [5.74, 6) is 0.750. The van der Waals surface area contributed by atoms with Crippen molar-refractivity contribution in [2.24, 2.45) is 11.7 Å². The maximum atomic E-state index is 5.66. The van der Waals surface area contributed by atoms with Crippen molar-refractivity contribution >= 4 is 0 Å². The molecule has 1 saturated heterocycles. The Hall–Kier alpha value is -0.120. The van der Waals surface area contributed by atoms with Gasteiger partial charge in [0.15, 0.2) is 0 Å². The molecule has 96 valence electrons. The smallest absolute Gasteiger partial charge is 0.0576 e. The summed E-state index contributed by atoms with van der Waals surface area (Å²) in [7, 11) is 0. The monoisotopic (exact) mass is 228 g/mol. The van der Waals surface area contributed by atoms with Gasteiger partial charge in [-0.05, 0) is 38.0 Å². The third-order valence-corrected chi connectivity index (χ3v) is 3.19. The van der Waals surface area contributed by atoms with Gasteiger partial charge in [0.1, 0.15) is 0 Å². The van der Waals surface area contributed by atoms with Gasteiger partial charge >= 0.3 is 0 Å². The van der Waals surface area contributed by atoms with E-state index in [-0.39, 0.29) is 0 Å². The van der Waals surface area contributed by atoms with Gasteiger partial charge in [-0.2, -0.15) is 0 Å². The van der Waals surface area contributed by atoms with Crippen molar-refractivity contribution in [2.45, 2.75) is 58.1 Å². The number of rotatable bonds is 8. The van der Waals surface area contributed by atoms with E-state index in [9.17, 15) is 0 Å². The standard InChI is InChI=1S/C13H28N2O/c1-11(2)10-12(15-8-7-14)5-6-13-4-3-9-16-13/h11-13,15H,3-10,14H2,1-2H3. The van der Waals surface area contributed by atoms with Gasteiger partial charge in [-0.25, -0.2) is 0 Å². The number of ether oxygens (including phenoxy) is 1. The SMILES string of the molecule is CC(C)CC(CCC1CCCO1)NCCN. The lowest BCUT2D eigenvalue weighted by atomic mass is 9.97. The summed E-state index contributed by atoms with van der Waals surface area (Å²) in [6.45, 7) is 7.19. The molecule has 0 bridgehead atoms. The molecule has 0 saturated carbocycles. The van der Waals surface area contributed by atoms with Crippen LogP contribution in [-0.2, 0) is 4.74 Å². The third-order valence-electron chi connectivity index (χ3n) is 3.19. The molecule has 0 aliphatic carbocycles. The fourth-order valence-corrected chi connectivity index (χ4v) is 2.42. The van der Waals surface area contributed by atoms with Crippen molar-refractivity contribution in [2.75, 3.05) is 19.7 Å². The van der Waals surface area contributed by atoms with E-state index >= 15 is 0 Å². The van der Waals surface area contributed by atoms with E-state index in [4.69, 9.17) is 10.5 Å². The molecular weight excluding hydrogens is 200 g/mol. The summed E-state index contributed by atoms with van der Waals surface area (Å²) in [5, 5.41) is 3.54. The zero-order valence-electron chi connectivity index (χ0n) is 10.9. The van der Waals surface area contributed by atoms with Crippen LogP contribution < -0.4 is 11.1 Å². The Labute approximate surface area is 100 Å². The van der Waals surface area contributed by atoms with Gasteiger partial charge in [-0.15, -0.1) is 0 Å². The highest BCUT2D eigenvalue weighted by molar-refractivity contribution is 4.73. The third kappa shape index (κ3) is 5.83. The minimum atomic E-state index is 0.523. The summed E-state index contributed by atoms with van der Waals surface area (Å²) in [4.78, 5) is 0. The predicted molar refractivity (Wildman–Crippen MR) is 68.5 cm³/mol. The molecule has 2 atom stereocenters. The van der Waals surface area contributed by atoms with Crippen molar-refractivity contribution in [3.63, 3.8) is 0 Å². The molecule has 2 unspecified atom stereocenters. The zero-order valence-corrected chi connectivity index (χ0v) is 10.9. The highest BCUT2D eigenvalue weighted by Crippen LogP contribution is 2.19. The lowest BCUT2D eigenvalue weighted by molar-refractivity contribution is 0.0988. The lowest BCUT2D eigenvalue weighted by Gasteiger charge is -2.21. The molecule has 3 heteroatoms. The quantitative estimate of drug-likeness (QED) is 0.667. The molecule has 0 aromatic heterocycles. The Morgan fingerprint density at radius 3 is 2.81 bits per heavy atom. The molecule has 0 aromatic carbocycles. The summed E-state index contributed by atoms with van der Waals surface area (Å²) >= 11 is 0. The molecule has 1 fully saturated rings. The minimum absolute atomic E-state index is 0.523. The fourth-order valence-electron chi connectivity index (χ4n) is 2.42. The minimum Gasteiger partial charge on any atom is -0.378 e. The summed E-state index contributed by atoms with van der Waals surface area (Å²) in [5.41, 5.74) is 5.54. The first-order valence-electron chi connectivity index (χ1n) is 6.77. The van der Waals surface area contributed by atoms with E-state index in [0.717, 1.165) is 25.6 Å². The fraction of sp³-hybridized carbons (Fsp3) is 1.00. The molecule has 1 heterocycles. The highest BCUT2D eigenvalue weighted by atomic mass is 16.5. The van der Waals surface area contributed by atoms with E-state index in [1.165, 1.54) is 32.1 Å². The Morgan fingerprint density at radius 1 is 1.44 bits per heavy atom. The molecule has 0 spiro atoms. The Bertz CT molecular complexity index is 167. The number of nitrogens with one attached hydrogen (secondary N) is 1. The summed E-state index contributed by atoms with van der Waals surface area (Å²) in [6, 6.07) is 0.618. The van der Waals surface area contributed by atoms with E-state index in [1.54, 1.807) is 0 Å². The van der Waals surface area contributed by atoms with Crippen LogP contribution in [0.4, 0.5) is 0 Å². The second kappa shape index (κ2) is 8.04. The maximum absolute atomic E-state index is 5.66. The van der Waals surface area contributed by atoms with Crippen LogP contribution in [0.2, 0.25) is 0 Å². The van der Waals surface area contributed by atoms with Gasteiger partial charge in [-0.1, -0.05) is 13.8 Å². The molecule has 1 aliphatic rings. The van der Waals surface area contributed by atoms with E-state index in [1.807, 2.05) is 0 Å². The topological polar surface area (TPSA) is 47.3 Å². The second-order valence-electron chi connectivity index (χ2n) is 5.28. The Morgan fingerprint density at radius 2 is 2.25 bits per heavy atom. The second-order valence-corrected chi connectivity index (χ2v) is 5.28. The molecule has 1 aliphatic heterocycles.